The van der Waals surface area contributed by atoms with Crippen LogP contribution in [0.3, 0.4) is 0 Å². The molecule has 0 saturated heterocycles. The van der Waals surface area contributed by atoms with Crippen LogP contribution in [-0.2, 0) is 14.8 Å². The zero-order valence-electron chi connectivity index (χ0n) is 18.9. The molecule has 0 radical (unpaired) electrons. The molecule has 0 atom stereocenters. The lowest BCUT2D eigenvalue weighted by atomic mass is 10.1. The van der Waals surface area contributed by atoms with E-state index in [-0.39, 0.29) is 23.9 Å². The molecule has 0 aromatic heterocycles. The number of para-hydroxylation sites is 1. The molecule has 0 bridgehead atoms. The van der Waals surface area contributed by atoms with Crippen molar-refractivity contribution in [3.8, 4) is 0 Å². The number of benzene rings is 3. The highest BCUT2D eigenvalue weighted by Gasteiger charge is 2.27. The van der Waals surface area contributed by atoms with Crippen molar-refractivity contribution in [1.29, 1.82) is 0 Å². The van der Waals surface area contributed by atoms with Gasteiger partial charge in [0.2, 0.25) is 15.9 Å². The van der Waals surface area contributed by atoms with Crippen LogP contribution in [0.2, 0.25) is 10.0 Å². The van der Waals surface area contributed by atoms with Gasteiger partial charge in [-0.05, 0) is 66.9 Å². The number of amides is 1. The van der Waals surface area contributed by atoms with Gasteiger partial charge in [0.15, 0.2) is 0 Å². The molecular formula is C25H26Cl2N2O3S2. The monoisotopic (exact) mass is 536 g/mol. The van der Waals surface area contributed by atoms with Crippen LogP contribution in [0, 0.1) is 5.92 Å². The Morgan fingerprint density at radius 2 is 1.68 bits per heavy atom. The van der Waals surface area contributed by atoms with Gasteiger partial charge in [0.25, 0.3) is 0 Å². The first-order valence-corrected chi connectivity index (χ1v) is 13.7. The molecule has 0 saturated carbocycles. The van der Waals surface area contributed by atoms with Gasteiger partial charge in [-0.25, -0.2) is 8.42 Å². The molecule has 0 aliphatic rings. The van der Waals surface area contributed by atoms with Crippen LogP contribution < -0.4 is 5.32 Å². The molecule has 0 aliphatic heterocycles. The van der Waals surface area contributed by atoms with Crippen molar-refractivity contribution in [3.05, 3.63) is 82.8 Å². The summed E-state index contributed by atoms with van der Waals surface area (Å²) in [6.45, 7) is 3.94. The maximum atomic E-state index is 13.3. The largest absolute Gasteiger partial charge is 0.324 e. The van der Waals surface area contributed by atoms with Crippen molar-refractivity contribution in [3.63, 3.8) is 0 Å². The van der Waals surface area contributed by atoms with Gasteiger partial charge >= 0.3 is 0 Å². The standard InChI is InChI=1S/C25H26Cl2N2O3S2/c1-18(2)14-15-29(34(31,32)22-7-5-6-20(27)16-22)17-25(30)28-23-8-3-4-9-24(23)33-21-12-10-19(26)11-13-21/h3-13,16,18H,14-15,17H2,1-2H3,(H,28,30). The number of rotatable bonds is 10. The number of carbonyl (C=O) groups is 1. The van der Waals surface area contributed by atoms with Gasteiger partial charge in [0.05, 0.1) is 17.1 Å². The minimum atomic E-state index is -3.90. The van der Waals surface area contributed by atoms with Gasteiger partial charge in [0.1, 0.15) is 0 Å². The highest BCUT2D eigenvalue weighted by molar-refractivity contribution is 7.99. The van der Waals surface area contributed by atoms with E-state index in [1.807, 2.05) is 44.2 Å². The number of carbonyl (C=O) groups excluding carboxylic acids is 1. The SMILES string of the molecule is CC(C)CCN(CC(=O)Nc1ccccc1Sc1ccc(Cl)cc1)S(=O)(=O)c1cccc(Cl)c1. The molecule has 0 unspecified atom stereocenters. The van der Waals surface area contributed by atoms with Crippen LogP contribution >= 0.6 is 35.0 Å². The van der Waals surface area contributed by atoms with Gasteiger partial charge in [-0.1, -0.05) is 67.0 Å². The van der Waals surface area contributed by atoms with Crippen LogP contribution in [0.4, 0.5) is 5.69 Å². The Balaban J connectivity index is 1.79. The van der Waals surface area contributed by atoms with Crippen LogP contribution in [0.5, 0.6) is 0 Å². The molecule has 34 heavy (non-hydrogen) atoms. The van der Waals surface area contributed by atoms with E-state index in [1.165, 1.54) is 28.2 Å². The molecular weight excluding hydrogens is 511 g/mol. The number of nitrogens with zero attached hydrogens (tertiary/aromatic N) is 1. The fourth-order valence-corrected chi connectivity index (χ4v) is 5.84. The first kappa shape index (κ1) is 26.6. The van der Waals surface area contributed by atoms with E-state index in [1.54, 1.807) is 30.3 Å². The van der Waals surface area contributed by atoms with E-state index in [0.29, 0.717) is 22.2 Å². The quantitative estimate of drug-likeness (QED) is 0.308. The van der Waals surface area contributed by atoms with E-state index in [9.17, 15) is 13.2 Å². The fourth-order valence-electron chi connectivity index (χ4n) is 3.10. The average molecular weight is 538 g/mol. The predicted octanol–water partition coefficient (Wildman–Crippen LogP) is 6.82. The third-order valence-electron chi connectivity index (χ3n) is 4.91. The molecule has 3 aromatic rings. The van der Waals surface area contributed by atoms with Crippen molar-refractivity contribution in [1.82, 2.24) is 4.31 Å². The summed E-state index contributed by atoms with van der Waals surface area (Å²) in [6, 6.07) is 20.9. The summed E-state index contributed by atoms with van der Waals surface area (Å²) >= 11 is 13.5. The highest BCUT2D eigenvalue weighted by Crippen LogP contribution is 2.34. The predicted molar refractivity (Wildman–Crippen MR) is 140 cm³/mol. The first-order valence-electron chi connectivity index (χ1n) is 10.7. The lowest BCUT2D eigenvalue weighted by Gasteiger charge is -2.23. The molecule has 0 spiro atoms. The first-order chi connectivity index (χ1) is 16.1. The molecule has 3 aromatic carbocycles. The Hall–Kier alpha value is -2.03. The molecule has 5 nitrogen and oxygen atoms in total. The Bertz CT molecular complexity index is 1230. The summed E-state index contributed by atoms with van der Waals surface area (Å²) in [4.78, 5) is 14.9. The summed E-state index contributed by atoms with van der Waals surface area (Å²) in [5, 5.41) is 3.85. The molecule has 1 amide bonds. The Morgan fingerprint density at radius 3 is 2.35 bits per heavy atom. The Morgan fingerprint density at radius 1 is 0.971 bits per heavy atom. The van der Waals surface area contributed by atoms with Gasteiger partial charge < -0.3 is 5.32 Å². The fraction of sp³-hybridized carbons (Fsp3) is 0.240. The normalized spacial score (nSPS) is 11.7. The topological polar surface area (TPSA) is 66.5 Å². The number of anilines is 1. The zero-order chi connectivity index (χ0) is 24.7. The summed E-state index contributed by atoms with van der Waals surface area (Å²) in [5.41, 5.74) is 0.608. The lowest BCUT2D eigenvalue weighted by Crippen LogP contribution is -2.39. The van der Waals surface area contributed by atoms with Crippen molar-refractivity contribution < 1.29 is 13.2 Å². The molecule has 9 heteroatoms. The summed E-state index contributed by atoms with van der Waals surface area (Å²) in [6.07, 6.45) is 0.621. The number of hydrogen-bond donors (Lipinski definition) is 1. The number of hydrogen-bond acceptors (Lipinski definition) is 4. The molecule has 3 rings (SSSR count). The average Bonchev–Trinajstić information content (AvgIpc) is 2.79. The Kier molecular flexibility index (Phi) is 9.45. The van der Waals surface area contributed by atoms with E-state index in [0.717, 1.165) is 9.79 Å². The van der Waals surface area contributed by atoms with Crippen LogP contribution in [0.15, 0.2) is 87.5 Å². The minimum absolute atomic E-state index is 0.0650. The third kappa shape index (κ3) is 7.48. The molecule has 180 valence electrons. The van der Waals surface area contributed by atoms with E-state index < -0.39 is 15.9 Å². The second-order valence-electron chi connectivity index (χ2n) is 8.08. The second kappa shape index (κ2) is 12.1. The number of sulfonamides is 1. The van der Waals surface area contributed by atoms with Gasteiger partial charge in [-0.15, -0.1) is 0 Å². The van der Waals surface area contributed by atoms with Gasteiger partial charge in [-0.2, -0.15) is 4.31 Å². The van der Waals surface area contributed by atoms with Crippen LogP contribution in [0.1, 0.15) is 20.3 Å². The second-order valence-corrected chi connectivity index (χ2v) is 12.0. The lowest BCUT2D eigenvalue weighted by molar-refractivity contribution is -0.116. The van der Waals surface area contributed by atoms with Crippen molar-refractivity contribution >= 4 is 56.6 Å². The maximum Gasteiger partial charge on any atom is 0.243 e. The summed E-state index contributed by atoms with van der Waals surface area (Å²) in [7, 11) is -3.90. The zero-order valence-corrected chi connectivity index (χ0v) is 22.0. The van der Waals surface area contributed by atoms with E-state index >= 15 is 0 Å². The van der Waals surface area contributed by atoms with E-state index in [2.05, 4.69) is 5.32 Å². The maximum absolute atomic E-state index is 13.3. The van der Waals surface area contributed by atoms with Gasteiger partial charge in [-0.3, -0.25) is 4.79 Å². The summed E-state index contributed by atoms with van der Waals surface area (Å²) < 4.78 is 27.8. The minimum Gasteiger partial charge on any atom is -0.324 e. The van der Waals surface area contributed by atoms with Crippen LogP contribution in [0.25, 0.3) is 0 Å². The highest BCUT2D eigenvalue weighted by atomic mass is 35.5. The van der Waals surface area contributed by atoms with Crippen molar-refractivity contribution in [2.24, 2.45) is 5.92 Å². The molecule has 1 N–H and O–H groups in total. The Labute approximate surface area is 215 Å². The summed E-state index contributed by atoms with van der Waals surface area (Å²) in [5.74, 6) is -0.143. The van der Waals surface area contributed by atoms with Gasteiger partial charge in [0, 0.05) is 26.4 Å². The number of nitrogens with one attached hydrogen (secondary N) is 1. The van der Waals surface area contributed by atoms with E-state index in [4.69, 9.17) is 23.2 Å². The third-order valence-corrected chi connectivity index (χ3v) is 8.32. The van der Waals surface area contributed by atoms with Crippen LogP contribution in [-0.4, -0.2) is 31.7 Å². The number of halogens is 2. The van der Waals surface area contributed by atoms with Crippen molar-refractivity contribution in [2.75, 3.05) is 18.4 Å². The molecule has 0 aliphatic carbocycles. The smallest absolute Gasteiger partial charge is 0.243 e. The molecule has 0 heterocycles. The molecule has 0 fully saturated rings. The van der Waals surface area contributed by atoms with Crippen molar-refractivity contribution in [2.45, 2.75) is 35.0 Å².